The van der Waals surface area contributed by atoms with Crippen molar-refractivity contribution in [2.75, 3.05) is 5.32 Å². The zero-order valence-electron chi connectivity index (χ0n) is 15.3. The number of hydrogen-bond acceptors (Lipinski definition) is 1. The van der Waals surface area contributed by atoms with E-state index in [0.717, 1.165) is 12.1 Å². The maximum absolute atomic E-state index is 13.9. The molecule has 0 bridgehead atoms. The molecule has 0 saturated carbocycles. The van der Waals surface area contributed by atoms with Gasteiger partial charge in [-0.15, -0.1) is 0 Å². The normalized spacial score (nSPS) is 11.4. The summed E-state index contributed by atoms with van der Waals surface area (Å²) in [6.45, 7) is 1.61. The Labute approximate surface area is 164 Å². The summed E-state index contributed by atoms with van der Waals surface area (Å²) in [6, 6.07) is 13.0. The van der Waals surface area contributed by atoms with Crippen molar-refractivity contribution < 1.29 is 26.7 Å². The smallest absolute Gasteiger partial charge is 0.322 e. The molecule has 29 heavy (non-hydrogen) atoms. The summed E-state index contributed by atoms with van der Waals surface area (Å²) >= 11 is 0. The first-order chi connectivity index (χ1) is 13.6. The fourth-order valence-corrected chi connectivity index (χ4v) is 3.01. The fraction of sp³-hybridized carbons (Fsp3) is 0.136. The van der Waals surface area contributed by atoms with Crippen LogP contribution >= 0.6 is 0 Å². The van der Waals surface area contributed by atoms with Crippen molar-refractivity contribution in [1.29, 1.82) is 0 Å². The standard InChI is InChI=1S/C22H16F5NO/c1-13-3-2-4-19(24)20(13)21(29)28-17-9-5-14(6-10-17)11-15-7-8-16(23)12-18(15)22(25,26)27/h2-10,12H,11H2,1H3,(H,28,29). The highest BCUT2D eigenvalue weighted by atomic mass is 19.4. The van der Waals surface area contributed by atoms with Crippen molar-refractivity contribution in [3.05, 3.63) is 100 Å². The molecule has 3 aromatic carbocycles. The van der Waals surface area contributed by atoms with Gasteiger partial charge in [-0.25, -0.2) is 8.78 Å². The summed E-state index contributed by atoms with van der Waals surface area (Å²) in [6.07, 6.45) is -4.72. The van der Waals surface area contributed by atoms with Crippen LogP contribution in [0.2, 0.25) is 0 Å². The fourth-order valence-electron chi connectivity index (χ4n) is 3.01. The zero-order valence-corrected chi connectivity index (χ0v) is 15.3. The second-order valence-corrected chi connectivity index (χ2v) is 6.56. The van der Waals surface area contributed by atoms with Crippen LogP contribution in [-0.2, 0) is 12.6 Å². The minimum atomic E-state index is -4.66. The Morgan fingerprint density at radius 3 is 2.28 bits per heavy atom. The Hall–Kier alpha value is -3.22. The number of amides is 1. The molecule has 0 aliphatic carbocycles. The van der Waals surface area contributed by atoms with E-state index in [1.165, 1.54) is 24.3 Å². The Morgan fingerprint density at radius 2 is 1.66 bits per heavy atom. The molecule has 7 heteroatoms. The van der Waals surface area contributed by atoms with Crippen LogP contribution in [0.25, 0.3) is 0 Å². The van der Waals surface area contributed by atoms with Gasteiger partial charge in [0.25, 0.3) is 5.91 Å². The molecule has 3 rings (SSSR count). The number of carbonyl (C=O) groups is 1. The zero-order chi connectivity index (χ0) is 21.2. The van der Waals surface area contributed by atoms with Gasteiger partial charge in [0.1, 0.15) is 11.6 Å². The van der Waals surface area contributed by atoms with Crippen LogP contribution in [-0.4, -0.2) is 5.91 Å². The second-order valence-electron chi connectivity index (χ2n) is 6.56. The van der Waals surface area contributed by atoms with Crippen molar-refractivity contribution in [3.63, 3.8) is 0 Å². The molecule has 0 aliphatic rings. The number of anilines is 1. The summed E-state index contributed by atoms with van der Waals surface area (Å²) in [5.74, 6) is -2.22. The van der Waals surface area contributed by atoms with E-state index in [4.69, 9.17) is 0 Å². The van der Waals surface area contributed by atoms with Gasteiger partial charge in [0, 0.05) is 5.69 Å². The third-order valence-electron chi connectivity index (χ3n) is 4.43. The average Bonchev–Trinajstić information content (AvgIpc) is 2.64. The molecule has 2 nitrogen and oxygen atoms in total. The van der Waals surface area contributed by atoms with Gasteiger partial charge in [0.15, 0.2) is 0 Å². The van der Waals surface area contributed by atoms with E-state index in [2.05, 4.69) is 5.32 Å². The molecule has 150 valence electrons. The van der Waals surface area contributed by atoms with Crippen molar-refractivity contribution in [2.45, 2.75) is 19.5 Å². The first-order valence-corrected chi connectivity index (χ1v) is 8.66. The Morgan fingerprint density at radius 1 is 0.966 bits per heavy atom. The topological polar surface area (TPSA) is 29.1 Å². The number of halogens is 5. The molecule has 0 aliphatic heterocycles. The van der Waals surface area contributed by atoms with Gasteiger partial charge >= 0.3 is 6.18 Å². The first kappa shape index (κ1) is 20.5. The molecule has 0 saturated heterocycles. The number of alkyl halides is 3. The van der Waals surface area contributed by atoms with Crippen LogP contribution in [0.5, 0.6) is 0 Å². The third-order valence-corrected chi connectivity index (χ3v) is 4.43. The lowest BCUT2D eigenvalue weighted by Crippen LogP contribution is -2.15. The third kappa shape index (κ3) is 4.80. The van der Waals surface area contributed by atoms with Crippen molar-refractivity contribution >= 4 is 11.6 Å². The number of aryl methyl sites for hydroxylation is 1. The lowest BCUT2D eigenvalue weighted by atomic mass is 9.99. The molecule has 0 aromatic heterocycles. The second kappa shape index (κ2) is 8.03. The largest absolute Gasteiger partial charge is 0.416 e. The Bertz CT molecular complexity index is 1020. The van der Waals surface area contributed by atoms with E-state index in [0.29, 0.717) is 22.9 Å². The van der Waals surface area contributed by atoms with Gasteiger partial charge in [-0.1, -0.05) is 30.3 Å². The number of carbonyl (C=O) groups excluding carboxylic acids is 1. The summed E-state index contributed by atoms with van der Waals surface area (Å²) < 4.78 is 66.5. The van der Waals surface area contributed by atoms with Gasteiger partial charge in [0.2, 0.25) is 0 Å². The molecule has 1 N–H and O–H groups in total. The highest BCUT2D eigenvalue weighted by molar-refractivity contribution is 6.05. The highest BCUT2D eigenvalue weighted by Gasteiger charge is 2.33. The van der Waals surface area contributed by atoms with E-state index < -0.39 is 29.3 Å². The monoisotopic (exact) mass is 405 g/mol. The van der Waals surface area contributed by atoms with Crippen LogP contribution in [0.4, 0.5) is 27.6 Å². The molecule has 3 aromatic rings. The summed E-state index contributed by atoms with van der Waals surface area (Å²) in [4.78, 5) is 12.3. The molecular weight excluding hydrogens is 389 g/mol. The Kier molecular flexibility index (Phi) is 5.68. The molecule has 0 radical (unpaired) electrons. The van der Waals surface area contributed by atoms with E-state index in [1.54, 1.807) is 25.1 Å². The molecule has 0 spiro atoms. The van der Waals surface area contributed by atoms with Crippen LogP contribution in [0.3, 0.4) is 0 Å². The lowest BCUT2D eigenvalue weighted by Gasteiger charge is -2.13. The summed E-state index contributed by atoms with van der Waals surface area (Å²) in [5.41, 5.74) is 0.245. The number of benzene rings is 3. The minimum Gasteiger partial charge on any atom is -0.322 e. The average molecular weight is 405 g/mol. The van der Waals surface area contributed by atoms with Gasteiger partial charge in [0.05, 0.1) is 11.1 Å². The predicted molar refractivity (Wildman–Crippen MR) is 99.7 cm³/mol. The lowest BCUT2D eigenvalue weighted by molar-refractivity contribution is -0.138. The summed E-state index contributed by atoms with van der Waals surface area (Å²) in [5, 5.41) is 2.57. The first-order valence-electron chi connectivity index (χ1n) is 8.66. The Balaban J connectivity index is 1.77. The molecular formula is C22H16F5NO. The van der Waals surface area contributed by atoms with E-state index in [1.807, 2.05) is 0 Å². The van der Waals surface area contributed by atoms with Crippen molar-refractivity contribution in [3.8, 4) is 0 Å². The van der Waals surface area contributed by atoms with Crippen LogP contribution in [0, 0.1) is 18.6 Å². The van der Waals surface area contributed by atoms with Gasteiger partial charge in [-0.3, -0.25) is 4.79 Å². The SMILES string of the molecule is Cc1cccc(F)c1C(=O)Nc1ccc(Cc2ccc(F)cc2C(F)(F)F)cc1. The predicted octanol–water partition coefficient (Wildman–Crippen LogP) is 6.14. The quantitative estimate of drug-likeness (QED) is 0.520. The van der Waals surface area contributed by atoms with Gasteiger partial charge < -0.3 is 5.32 Å². The van der Waals surface area contributed by atoms with Crippen molar-refractivity contribution in [1.82, 2.24) is 0 Å². The van der Waals surface area contributed by atoms with Crippen LogP contribution < -0.4 is 5.32 Å². The van der Waals surface area contributed by atoms with E-state index in [-0.39, 0.29) is 17.5 Å². The minimum absolute atomic E-state index is 0.0577. The maximum Gasteiger partial charge on any atom is 0.416 e. The molecule has 0 unspecified atom stereocenters. The maximum atomic E-state index is 13.9. The van der Waals surface area contributed by atoms with Crippen LogP contribution in [0.1, 0.15) is 32.6 Å². The van der Waals surface area contributed by atoms with Crippen LogP contribution in [0.15, 0.2) is 60.7 Å². The molecule has 0 heterocycles. The highest BCUT2D eigenvalue weighted by Crippen LogP contribution is 2.33. The van der Waals surface area contributed by atoms with Crippen molar-refractivity contribution in [2.24, 2.45) is 0 Å². The van der Waals surface area contributed by atoms with E-state index >= 15 is 0 Å². The number of hydrogen-bond donors (Lipinski definition) is 1. The van der Waals surface area contributed by atoms with Gasteiger partial charge in [-0.05, 0) is 60.4 Å². The molecule has 0 atom stereocenters. The molecule has 0 fully saturated rings. The molecule has 1 amide bonds. The van der Waals surface area contributed by atoms with Gasteiger partial charge in [-0.2, -0.15) is 13.2 Å². The van der Waals surface area contributed by atoms with E-state index in [9.17, 15) is 26.7 Å². The number of nitrogens with one attached hydrogen (secondary N) is 1. The number of rotatable bonds is 4. The summed E-state index contributed by atoms with van der Waals surface area (Å²) in [7, 11) is 0.